The summed E-state index contributed by atoms with van der Waals surface area (Å²) in [5, 5.41) is 0. The van der Waals surface area contributed by atoms with Gasteiger partial charge in [0.15, 0.2) is 0 Å². The minimum absolute atomic E-state index is 0.0909. The first-order chi connectivity index (χ1) is 16.7. The Morgan fingerprint density at radius 1 is 0.886 bits per heavy atom. The van der Waals surface area contributed by atoms with E-state index in [-0.39, 0.29) is 10.8 Å². The number of hydrogen-bond acceptors (Lipinski definition) is 5. The highest BCUT2D eigenvalue weighted by molar-refractivity contribution is 7.92. The summed E-state index contributed by atoms with van der Waals surface area (Å²) in [6.45, 7) is 8.55. The Hall–Kier alpha value is -3.52. The number of nitrogens with zero attached hydrogens (tertiary/aromatic N) is 2. The quantitative estimate of drug-likeness (QED) is 0.551. The van der Waals surface area contributed by atoms with Crippen molar-refractivity contribution in [2.75, 3.05) is 42.9 Å². The van der Waals surface area contributed by atoms with Gasteiger partial charge in [-0.05, 0) is 79.9 Å². The number of methoxy groups -OCH3 is 1. The zero-order valence-electron chi connectivity index (χ0n) is 20.5. The Bertz CT molecular complexity index is 1330. The molecule has 0 bridgehead atoms. The van der Waals surface area contributed by atoms with Crippen LogP contribution in [0.1, 0.15) is 27.0 Å². The molecule has 8 heteroatoms. The molecule has 0 spiro atoms. The van der Waals surface area contributed by atoms with Crippen LogP contribution in [-0.4, -0.2) is 52.5 Å². The third kappa shape index (κ3) is 5.27. The highest BCUT2D eigenvalue weighted by atomic mass is 32.2. The van der Waals surface area contributed by atoms with Crippen LogP contribution in [-0.2, 0) is 10.0 Å². The van der Waals surface area contributed by atoms with Crippen molar-refractivity contribution in [3.63, 3.8) is 0 Å². The van der Waals surface area contributed by atoms with Gasteiger partial charge in [0.1, 0.15) is 5.75 Å². The minimum atomic E-state index is -3.87. The number of ether oxygens (including phenoxy) is 1. The van der Waals surface area contributed by atoms with Crippen LogP contribution in [0.2, 0.25) is 0 Å². The molecule has 0 saturated carbocycles. The lowest BCUT2D eigenvalue weighted by atomic mass is 10.1. The van der Waals surface area contributed by atoms with Gasteiger partial charge in [-0.1, -0.05) is 18.2 Å². The van der Waals surface area contributed by atoms with E-state index in [9.17, 15) is 13.2 Å². The smallest absolute Gasteiger partial charge is 0.262 e. The third-order valence-electron chi connectivity index (χ3n) is 6.55. The highest BCUT2D eigenvalue weighted by Gasteiger charge is 2.25. The van der Waals surface area contributed by atoms with Gasteiger partial charge in [0.05, 0.1) is 12.0 Å². The standard InChI is InChI=1S/C27H31N3O4S/c1-19-6-5-7-25(21(19)3)29-14-16-30(17-15-29)27(31)22-9-8-20(2)26(18-22)35(32,33)28-23-10-12-24(34-4)13-11-23/h5-13,18,28H,14-17H2,1-4H3. The molecule has 1 fully saturated rings. The molecule has 1 aliphatic heterocycles. The van der Waals surface area contributed by atoms with Crippen LogP contribution in [0.5, 0.6) is 5.75 Å². The van der Waals surface area contributed by atoms with Gasteiger partial charge in [-0.2, -0.15) is 0 Å². The van der Waals surface area contributed by atoms with E-state index < -0.39 is 10.0 Å². The molecule has 7 nitrogen and oxygen atoms in total. The maximum Gasteiger partial charge on any atom is 0.262 e. The van der Waals surface area contributed by atoms with Crippen molar-refractivity contribution in [3.8, 4) is 5.75 Å². The minimum Gasteiger partial charge on any atom is -0.497 e. The number of benzene rings is 3. The molecular formula is C27H31N3O4S. The molecule has 184 valence electrons. The lowest BCUT2D eigenvalue weighted by Crippen LogP contribution is -2.49. The van der Waals surface area contributed by atoms with Crippen molar-refractivity contribution in [3.05, 3.63) is 82.9 Å². The number of aryl methyl sites for hydroxylation is 2. The SMILES string of the molecule is COc1ccc(NS(=O)(=O)c2cc(C(=O)N3CCN(c4cccc(C)c4C)CC3)ccc2C)cc1. The summed E-state index contributed by atoms with van der Waals surface area (Å²) >= 11 is 0. The topological polar surface area (TPSA) is 78.9 Å². The van der Waals surface area contributed by atoms with Gasteiger partial charge in [-0.15, -0.1) is 0 Å². The Kier molecular flexibility index (Phi) is 7.03. The number of piperazine rings is 1. The number of carbonyl (C=O) groups is 1. The monoisotopic (exact) mass is 493 g/mol. The first-order valence-electron chi connectivity index (χ1n) is 11.6. The van der Waals surface area contributed by atoms with E-state index in [2.05, 4.69) is 41.7 Å². The van der Waals surface area contributed by atoms with E-state index in [1.54, 1.807) is 55.3 Å². The van der Waals surface area contributed by atoms with Gasteiger partial charge >= 0.3 is 0 Å². The predicted molar refractivity (Wildman–Crippen MR) is 139 cm³/mol. The molecule has 0 aliphatic carbocycles. The second-order valence-corrected chi connectivity index (χ2v) is 10.5. The van der Waals surface area contributed by atoms with Gasteiger partial charge in [0.2, 0.25) is 0 Å². The van der Waals surface area contributed by atoms with Crippen LogP contribution < -0.4 is 14.4 Å². The van der Waals surface area contributed by atoms with Crippen LogP contribution in [0.25, 0.3) is 0 Å². The largest absolute Gasteiger partial charge is 0.497 e. The Balaban J connectivity index is 1.49. The fourth-order valence-electron chi connectivity index (χ4n) is 4.30. The highest BCUT2D eigenvalue weighted by Crippen LogP contribution is 2.26. The molecule has 1 heterocycles. The average Bonchev–Trinajstić information content (AvgIpc) is 2.86. The van der Waals surface area contributed by atoms with Gasteiger partial charge in [-0.25, -0.2) is 8.42 Å². The van der Waals surface area contributed by atoms with Gasteiger partial charge in [-0.3, -0.25) is 9.52 Å². The summed E-state index contributed by atoms with van der Waals surface area (Å²) in [4.78, 5) is 17.4. The third-order valence-corrected chi connectivity index (χ3v) is 8.07. The summed E-state index contributed by atoms with van der Waals surface area (Å²) in [6, 6.07) is 17.8. The molecule has 0 aromatic heterocycles. The second-order valence-electron chi connectivity index (χ2n) is 8.81. The van der Waals surface area contributed by atoms with Crippen molar-refractivity contribution in [2.24, 2.45) is 0 Å². The van der Waals surface area contributed by atoms with Crippen molar-refractivity contribution in [1.29, 1.82) is 0 Å². The van der Waals surface area contributed by atoms with Crippen LogP contribution in [0.4, 0.5) is 11.4 Å². The number of rotatable bonds is 6. The normalized spacial score (nSPS) is 14.1. The maximum absolute atomic E-state index is 13.3. The van der Waals surface area contributed by atoms with E-state index in [4.69, 9.17) is 4.74 Å². The first kappa shape index (κ1) is 24.6. The van der Waals surface area contributed by atoms with Crippen molar-refractivity contribution >= 4 is 27.3 Å². The Morgan fingerprint density at radius 3 is 2.23 bits per heavy atom. The van der Waals surface area contributed by atoms with Crippen LogP contribution in [0, 0.1) is 20.8 Å². The molecule has 1 amide bonds. The average molecular weight is 494 g/mol. The van der Waals surface area contributed by atoms with Crippen molar-refractivity contribution in [2.45, 2.75) is 25.7 Å². The van der Waals surface area contributed by atoms with E-state index in [1.165, 1.54) is 22.9 Å². The molecule has 0 atom stereocenters. The maximum atomic E-state index is 13.3. The molecule has 3 aromatic carbocycles. The molecule has 3 aromatic rings. The number of nitrogens with one attached hydrogen (secondary N) is 1. The molecule has 0 unspecified atom stereocenters. The second kappa shape index (κ2) is 10.00. The predicted octanol–water partition coefficient (Wildman–Crippen LogP) is 4.38. The summed E-state index contributed by atoms with van der Waals surface area (Å²) < 4.78 is 33.9. The fourth-order valence-corrected chi connectivity index (χ4v) is 5.63. The van der Waals surface area contributed by atoms with Crippen LogP contribution in [0.15, 0.2) is 65.6 Å². The summed E-state index contributed by atoms with van der Waals surface area (Å²) in [5.74, 6) is 0.473. The molecule has 35 heavy (non-hydrogen) atoms. The molecule has 1 N–H and O–H groups in total. The molecular weight excluding hydrogens is 462 g/mol. The van der Waals surface area contributed by atoms with Crippen LogP contribution >= 0.6 is 0 Å². The lowest BCUT2D eigenvalue weighted by Gasteiger charge is -2.37. The van der Waals surface area contributed by atoms with Crippen molar-refractivity contribution in [1.82, 2.24) is 4.90 Å². The van der Waals surface area contributed by atoms with Gasteiger partial charge in [0, 0.05) is 43.1 Å². The number of amides is 1. The zero-order valence-corrected chi connectivity index (χ0v) is 21.4. The van der Waals surface area contributed by atoms with Crippen LogP contribution in [0.3, 0.4) is 0 Å². The summed E-state index contributed by atoms with van der Waals surface area (Å²) in [6.07, 6.45) is 0. The van der Waals surface area contributed by atoms with Gasteiger partial charge < -0.3 is 14.5 Å². The van der Waals surface area contributed by atoms with E-state index in [1.807, 2.05) is 0 Å². The summed E-state index contributed by atoms with van der Waals surface area (Å²) in [7, 11) is -2.32. The number of hydrogen-bond donors (Lipinski definition) is 1. The molecule has 4 rings (SSSR count). The van der Waals surface area contributed by atoms with E-state index in [0.29, 0.717) is 35.7 Å². The Morgan fingerprint density at radius 2 is 1.57 bits per heavy atom. The molecule has 1 aliphatic rings. The molecule has 0 radical (unpaired) electrons. The fraction of sp³-hybridized carbons (Fsp3) is 0.296. The lowest BCUT2D eigenvalue weighted by molar-refractivity contribution is 0.0746. The number of anilines is 2. The zero-order chi connectivity index (χ0) is 25.2. The van der Waals surface area contributed by atoms with Gasteiger partial charge in [0.25, 0.3) is 15.9 Å². The summed E-state index contributed by atoms with van der Waals surface area (Å²) in [5.41, 5.74) is 5.06. The Labute approximate surface area is 207 Å². The number of sulfonamides is 1. The molecule has 1 saturated heterocycles. The van der Waals surface area contributed by atoms with Crippen molar-refractivity contribution < 1.29 is 17.9 Å². The first-order valence-corrected chi connectivity index (χ1v) is 13.1. The van der Waals surface area contributed by atoms with E-state index >= 15 is 0 Å². The number of carbonyl (C=O) groups excluding carboxylic acids is 1. The van der Waals surface area contributed by atoms with E-state index in [0.717, 1.165) is 13.1 Å².